The maximum Gasteiger partial charge on any atom is 0.257 e. The van der Waals surface area contributed by atoms with E-state index >= 15 is 0 Å². The Balaban J connectivity index is 1.31. The number of rotatable bonds is 2. The minimum atomic E-state index is -0.975. The number of amides is 2. The predicted molar refractivity (Wildman–Crippen MR) is 107 cm³/mol. The van der Waals surface area contributed by atoms with E-state index in [2.05, 4.69) is 4.98 Å². The van der Waals surface area contributed by atoms with Crippen LogP contribution in [0.15, 0.2) is 36.5 Å². The van der Waals surface area contributed by atoms with Crippen molar-refractivity contribution < 1.29 is 23.1 Å². The molecule has 2 amide bonds. The summed E-state index contributed by atoms with van der Waals surface area (Å²) < 4.78 is 33.7. The highest BCUT2D eigenvalue weighted by molar-refractivity contribution is 5.94. The molecule has 1 aromatic carbocycles. The number of hydrogen-bond acceptors (Lipinski definition) is 4. The predicted octanol–water partition coefficient (Wildman–Crippen LogP) is 3.36. The van der Waals surface area contributed by atoms with Gasteiger partial charge < -0.3 is 14.5 Å². The molecule has 0 unspecified atom stereocenters. The molecule has 0 N–H and O–H groups in total. The summed E-state index contributed by atoms with van der Waals surface area (Å²) in [5, 5.41) is 0. The number of carbonyl (C=O) groups excluding carboxylic acids is 2. The lowest BCUT2D eigenvalue weighted by atomic mass is 9.89. The van der Waals surface area contributed by atoms with Crippen LogP contribution in [0.3, 0.4) is 0 Å². The van der Waals surface area contributed by atoms with Crippen LogP contribution in [0.2, 0.25) is 0 Å². The SMILES string of the molecule is Cc1ccc(C(=O)N2CCC3(CC2)O[C@@H]2CC[C@@H](c4cc(F)cc(F)c4)N2C3=O)cn1. The van der Waals surface area contributed by atoms with E-state index in [1.54, 1.807) is 28.1 Å². The molecule has 31 heavy (non-hydrogen) atoms. The number of carbonyl (C=O) groups is 2. The Bertz CT molecular complexity index is 1010. The second kappa shape index (κ2) is 7.37. The first kappa shape index (κ1) is 20.1. The molecule has 3 saturated heterocycles. The minimum Gasteiger partial charge on any atom is -0.342 e. The summed E-state index contributed by atoms with van der Waals surface area (Å²) in [6, 6.07) is 6.55. The Morgan fingerprint density at radius 3 is 2.48 bits per heavy atom. The van der Waals surface area contributed by atoms with Gasteiger partial charge in [-0.3, -0.25) is 14.6 Å². The Labute approximate surface area is 178 Å². The number of piperidine rings is 1. The second-order valence-electron chi connectivity index (χ2n) is 8.56. The van der Waals surface area contributed by atoms with Gasteiger partial charge in [0.15, 0.2) is 5.60 Å². The number of aromatic nitrogens is 1. The summed E-state index contributed by atoms with van der Waals surface area (Å²) in [7, 11) is 0. The highest BCUT2D eigenvalue weighted by atomic mass is 19.1. The number of likely N-dealkylation sites (tertiary alicyclic amines) is 1. The van der Waals surface area contributed by atoms with Gasteiger partial charge in [-0.1, -0.05) is 0 Å². The number of nitrogens with zero attached hydrogens (tertiary/aromatic N) is 3. The van der Waals surface area contributed by atoms with Gasteiger partial charge in [-0.05, 0) is 49.6 Å². The lowest BCUT2D eigenvalue weighted by Gasteiger charge is -2.37. The number of benzene rings is 1. The smallest absolute Gasteiger partial charge is 0.257 e. The van der Waals surface area contributed by atoms with Crippen molar-refractivity contribution in [2.45, 2.75) is 50.5 Å². The van der Waals surface area contributed by atoms with Crippen molar-refractivity contribution in [2.75, 3.05) is 13.1 Å². The van der Waals surface area contributed by atoms with E-state index in [1.165, 1.54) is 12.1 Å². The summed E-state index contributed by atoms with van der Waals surface area (Å²) in [4.78, 5) is 33.7. The molecule has 1 spiro atoms. The van der Waals surface area contributed by atoms with Crippen molar-refractivity contribution in [2.24, 2.45) is 0 Å². The molecular weight excluding hydrogens is 404 g/mol. The van der Waals surface area contributed by atoms with Gasteiger partial charge >= 0.3 is 0 Å². The number of fused-ring (bicyclic) bond motifs is 1. The monoisotopic (exact) mass is 427 g/mol. The van der Waals surface area contributed by atoms with E-state index in [4.69, 9.17) is 4.74 Å². The van der Waals surface area contributed by atoms with Gasteiger partial charge in [0.25, 0.3) is 11.8 Å². The minimum absolute atomic E-state index is 0.110. The first-order valence-corrected chi connectivity index (χ1v) is 10.5. The van der Waals surface area contributed by atoms with Crippen LogP contribution in [0, 0.1) is 18.6 Å². The molecule has 4 heterocycles. The lowest BCUT2D eigenvalue weighted by Crippen LogP contribution is -2.51. The summed E-state index contributed by atoms with van der Waals surface area (Å²) in [5.41, 5.74) is 0.840. The van der Waals surface area contributed by atoms with E-state index in [1.807, 2.05) is 6.92 Å². The molecule has 3 aliphatic rings. The summed E-state index contributed by atoms with van der Waals surface area (Å²) in [6.07, 6.45) is 3.18. The van der Waals surface area contributed by atoms with Crippen molar-refractivity contribution in [3.8, 4) is 0 Å². The number of aryl methyl sites for hydroxylation is 1. The Hall–Kier alpha value is -2.87. The molecule has 3 aliphatic heterocycles. The maximum absolute atomic E-state index is 13.7. The van der Waals surface area contributed by atoms with E-state index in [0.717, 1.165) is 11.8 Å². The van der Waals surface area contributed by atoms with Gasteiger partial charge in [0.2, 0.25) is 0 Å². The Morgan fingerprint density at radius 1 is 1.13 bits per heavy atom. The number of pyridine rings is 1. The van der Waals surface area contributed by atoms with Crippen LogP contribution in [-0.2, 0) is 9.53 Å². The zero-order valence-corrected chi connectivity index (χ0v) is 17.2. The van der Waals surface area contributed by atoms with E-state index in [9.17, 15) is 18.4 Å². The molecule has 6 nitrogen and oxygen atoms in total. The average molecular weight is 427 g/mol. The normalized spacial score (nSPS) is 24.7. The molecular formula is C23H23F2N3O3. The van der Waals surface area contributed by atoms with Gasteiger partial charge in [-0.25, -0.2) is 8.78 Å². The molecule has 0 aliphatic carbocycles. The van der Waals surface area contributed by atoms with Gasteiger partial charge in [-0.2, -0.15) is 0 Å². The van der Waals surface area contributed by atoms with Gasteiger partial charge in [0, 0.05) is 43.9 Å². The standard InChI is InChI=1S/C23H23F2N3O3/c1-14-2-3-15(13-26-14)21(29)27-8-6-23(7-9-27)22(30)28-19(4-5-20(28)31-23)16-10-17(24)12-18(25)11-16/h2-3,10-13,19-20H,4-9H2,1H3/t19-,20+/m0/s1. The molecule has 0 bridgehead atoms. The topological polar surface area (TPSA) is 62.7 Å². The number of halogens is 2. The van der Waals surface area contributed by atoms with Gasteiger partial charge in [-0.15, -0.1) is 0 Å². The molecule has 5 rings (SSSR count). The van der Waals surface area contributed by atoms with Crippen molar-refractivity contribution in [3.05, 3.63) is 65.0 Å². The fraction of sp³-hybridized carbons (Fsp3) is 0.435. The van der Waals surface area contributed by atoms with Crippen molar-refractivity contribution >= 4 is 11.8 Å². The third kappa shape index (κ3) is 3.39. The van der Waals surface area contributed by atoms with E-state index < -0.39 is 29.5 Å². The molecule has 8 heteroatoms. The number of ether oxygens (including phenoxy) is 1. The van der Waals surface area contributed by atoms with Gasteiger partial charge in [0.05, 0.1) is 11.6 Å². The lowest BCUT2D eigenvalue weighted by molar-refractivity contribution is -0.142. The fourth-order valence-corrected chi connectivity index (χ4v) is 4.99. The second-order valence-corrected chi connectivity index (χ2v) is 8.56. The highest BCUT2D eigenvalue weighted by Gasteiger charge is 2.58. The van der Waals surface area contributed by atoms with Crippen molar-refractivity contribution in [1.29, 1.82) is 0 Å². The van der Waals surface area contributed by atoms with E-state index in [0.29, 0.717) is 49.9 Å². The summed E-state index contributed by atoms with van der Waals surface area (Å²) >= 11 is 0. The van der Waals surface area contributed by atoms with Crippen LogP contribution in [-0.4, -0.2) is 51.5 Å². The zero-order valence-electron chi connectivity index (χ0n) is 17.2. The largest absolute Gasteiger partial charge is 0.342 e. The van der Waals surface area contributed by atoms with Crippen LogP contribution in [0.4, 0.5) is 8.78 Å². The Morgan fingerprint density at radius 2 is 1.84 bits per heavy atom. The molecule has 3 fully saturated rings. The number of hydrogen-bond donors (Lipinski definition) is 0. The molecule has 162 valence electrons. The zero-order chi connectivity index (χ0) is 21.8. The summed E-state index contributed by atoms with van der Waals surface area (Å²) in [6.45, 7) is 2.66. The quantitative estimate of drug-likeness (QED) is 0.737. The third-order valence-electron chi connectivity index (χ3n) is 6.61. The first-order chi connectivity index (χ1) is 14.9. The molecule has 2 aromatic rings. The van der Waals surface area contributed by atoms with Crippen LogP contribution in [0.5, 0.6) is 0 Å². The van der Waals surface area contributed by atoms with E-state index in [-0.39, 0.29) is 11.8 Å². The van der Waals surface area contributed by atoms with Crippen molar-refractivity contribution in [1.82, 2.24) is 14.8 Å². The van der Waals surface area contributed by atoms with Crippen LogP contribution >= 0.6 is 0 Å². The summed E-state index contributed by atoms with van der Waals surface area (Å²) in [5.74, 6) is -1.56. The molecule has 2 atom stereocenters. The molecule has 0 radical (unpaired) electrons. The fourth-order valence-electron chi connectivity index (χ4n) is 4.99. The maximum atomic E-state index is 13.7. The van der Waals surface area contributed by atoms with Crippen molar-refractivity contribution in [3.63, 3.8) is 0 Å². The van der Waals surface area contributed by atoms with Crippen LogP contribution in [0.1, 0.15) is 53.3 Å². The van der Waals surface area contributed by atoms with Gasteiger partial charge in [0.1, 0.15) is 17.9 Å². The van der Waals surface area contributed by atoms with Crippen LogP contribution < -0.4 is 0 Å². The third-order valence-corrected chi connectivity index (χ3v) is 6.61. The average Bonchev–Trinajstić information content (AvgIpc) is 3.26. The molecule has 0 saturated carbocycles. The first-order valence-electron chi connectivity index (χ1n) is 10.5. The molecule has 1 aromatic heterocycles. The van der Waals surface area contributed by atoms with Crippen LogP contribution in [0.25, 0.3) is 0 Å². The highest BCUT2D eigenvalue weighted by Crippen LogP contribution is 2.47. The Kier molecular flexibility index (Phi) is 4.77.